The first-order chi connectivity index (χ1) is 11.6. The van der Waals surface area contributed by atoms with Crippen LogP contribution in [0, 0.1) is 10.1 Å². The fraction of sp³-hybridized carbons (Fsp3) is 0.529. The highest BCUT2D eigenvalue weighted by Gasteiger charge is 2.16. The van der Waals surface area contributed by atoms with E-state index in [1.165, 1.54) is 12.1 Å². The quantitative estimate of drug-likeness (QED) is 0.354. The van der Waals surface area contributed by atoms with Crippen molar-refractivity contribution in [2.45, 2.75) is 39.8 Å². The van der Waals surface area contributed by atoms with Gasteiger partial charge in [-0.15, -0.1) is 0 Å². The molecular weight excluding hydrogens is 322 g/mol. The molecule has 0 aliphatic heterocycles. The second-order valence-electron chi connectivity index (χ2n) is 6.75. The second kappa shape index (κ2) is 9.00. The number of carbonyl (C=O) groups is 1. The maximum atomic E-state index is 12.1. The Balaban J connectivity index is 2.75. The monoisotopic (exact) mass is 349 g/mol. The summed E-state index contributed by atoms with van der Waals surface area (Å²) in [4.78, 5) is 28.5. The van der Waals surface area contributed by atoms with Gasteiger partial charge in [-0.05, 0) is 33.3 Å². The predicted molar refractivity (Wildman–Crippen MR) is 98.4 cm³/mol. The Morgan fingerprint density at radius 2 is 1.88 bits per heavy atom. The van der Waals surface area contributed by atoms with Gasteiger partial charge in [0, 0.05) is 31.3 Å². The van der Waals surface area contributed by atoms with Crippen LogP contribution in [0.1, 0.15) is 33.3 Å². The van der Waals surface area contributed by atoms with Gasteiger partial charge in [-0.2, -0.15) is 0 Å². The zero-order valence-corrected chi connectivity index (χ0v) is 15.5. The van der Waals surface area contributed by atoms with Gasteiger partial charge in [0.05, 0.1) is 18.0 Å². The molecule has 25 heavy (non-hydrogen) atoms. The number of carbonyl (C=O) groups excluding carboxylic acids is 1. The number of nitrogens with one attached hydrogen (secondary N) is 2. The Hall–Kier alpha value is -2.64. The number of aliphatic imine (C=N–C) groups is 1. The molecule has 0 unspecified atom stereocenters. The molecule has 0 aliphatic carbocycles. The third kappa shape index (κ3) is 7.65. The zero-order valence-electron chi connectivity index (χ0n) is 15.5. The van der Waals surface area contributed by atoms with Gasteiger partial charge >= 0.3 is 0 Å². The molecule has 8 heteroatoms. The molecular formula is C17H27N5O3. The summed E-state index contributed by atoms with van der Waals surface area (Å²) in [6, 6.07) is 6.27. The van der Waals surface area contributed by atoms with Crippen molar-refractivity contribution in [3.8, 4) is 0 Å². The number of nitro groups is 1. The van der Waals surface area contributed by atoms with E-state index in [2.05, 4.69) is 15.6 Å². The van der Waals surface area contributed by atoms with Crippen LogP contribution in [0.15, 0.2) is 29.3 Å². The summed E-state index contributed by atoms with van der Waals surface area (Å²) in [5, 5.41) is 16.7. The molecule has 0 aliphatic rings. The molecule has 0 aromatic heterocycles. The number of hydrogen-bond acceptors (Lipinski definition) is 4. The Morgan fingerprint density at radius 1 is 1.28 bits per heavy atom. The second-order valence-corrected chi connectivity index (χ2v) is 6.75. The summed E-state index contributed by atoms with van der Waals surface area (Å²) >= 11 is 0. The average molecular weight is 349 g/mol. The molecule has 0 spiro atoms. The van der Waals surface area contributed by atoms with Crippen LogP contribution in [0.3, 0.4) is 0 Å². The van der Waals surface area contributed by atoms with Gasteiger partial charge in [0.2, 0.25) is 5.91 Å². The molecule has 1 amide bonds. The molecule has 8 nitrogen and oxygen atoms in total. The van der Waals surface area contributed by atoms with E-state index < -0.39 is 4.92 Å². The first kappa shape index (κ1) is 20.4. The topological polar surface area (TPSA) is 99.9 Å². The highest BCUT2D eigenvalue weighted by Crippen LogP contribution is 2.12. The molecule has 0 saturated carbocycles. The number of likely N-dealkylation sites (N-methyl/N-ethyl adjacent to an activating group) is 1. The third-order valence-electron chi connectivity index (χ3n) is 3.15. The summed E-state index contributed by atoms with van der Waals surface area (Å²) in [6.45, 7) is 8.96. The Morgan fingerprint density at radius 3 is 2.36 bits per heavy atom. The van der Waals surface area contributed by atoms with Crippen molar-refractivity contribution in [2.75, 3.05) is 20.1 Å². The van der Waals surface area contributed by atoms with Gasteiger partial charge in [-0.3, -0.25) is 14.9 Å². The molecule has 138 valence electrons. The fourth-order valence-corrected chi connectivity index (χ4v) is 2.11. The highest BCUT2D eigenvalue weighted by atomic mass is 16.6. The Kier molecular flexibility index (Phi) is 7.35. The number of non-ortho nitro benzene ring substituents is 1. The van der Waals surface area contributed by atoms with E-state index in [-0.39, 0.29) is 23.7 Å². The van der Waals surface area contributed by atoms with E-state index in [1.54, 1.807) is 24.1 Å². The van der Waals surface area contributed by atoms with Crippen molar-refractivity contribution in [3.05, 3.63) is 39.9 Å². The van der Waals surface area contributed by atoms with E-state index >= 15 is 0 Å². The van der Waals surface area contributed by atoms with Crippen LogP contribution in [-0.2, 0) is 11.3 Å². The lowest BCUT2D eigenvalue weighted by atomic mass is 10.1. The van der Waals surface area contributed by atoms with Crippen LogP contribution in [0.5, 0.6) is 0 Å². The molecule has 0 fully saturated rings. The first-order valence-electron chi connectivity index (χ1n) is 8.16. The molecule has 1 aromatic carbocycles. The van der Waals surface area contributed by atoms with Crippen molar-refractivity contribution in [1.82, 2.24) is 15.5 Å². The molecule has 1 aromatic rings. The number of nitro benzene ring substituents is 1. The Bertz CT molecular complexity index is 620. The van der Waals surface area contributed by atoms with Crippen LogP contribution >= 0.6 is 0 Å². The van der Waals surface area contributed by atoms with Gasteiger partial charge in [0.25, 0.3) is 5.69 Å². The van der Waals surface area contributed by atoms with Crippen molar-refractivity contribution >= 4 is 17.6 Å². The summed E-state index contributed by atoms with van der Waals surface area (Å²) < 4.78 is 0. The smallest absolute Gasteiger partial charge is 0.269 e. The van der Waals surface area contributed by atoms with Crippen LogP contribution in [-0.4, -0.2) is 47.4 Å². The summed E-state index contributed by atoms with van der Waals surface area (Å²) in [5.41, 5.74) is 0.621. The van der Waals surface area contributed by atoms with Crippen LogP contribution in [0.2, 0.25) is 0 Å². The molecule has 2 N–H and O–H groups in total. The van der Waals surface area contributed by atoms with Crippen molar-refractivity contribution in [2.24, 2.45) is 4.99 Å². The van der Waals surface area contributed by atoms with E-state index in [0.717, 1.165) is 5.56 Å². The standard InChI is InChI=1S/C17H27N5O3/c1-6-18-16(21(5)12-15(23)20-17(2,3)4)19-11-13-7-9-14(10-8-13)22(24)25/h7-10H,6,11-12H2,1-5H3,(H,18,19)(H,20,23). The van der Waals surface area contributed by atoms with E-state index in [4.69, 9.17) is 0 Å². The minimum Gasteiger partial charge on any atom is -0.357 e. The molecule has 0 saturated heterocycles. The summed E-state index contributed by atoms with van der Waals surface area (Å²) in [5.74, 6) is 0.515. The first-order valence-corrected chi connectivity index (χ1v) is 8.16. The van der Waals surface area contributed by atoms with Crippen LogP contribution in [0.4, 0.5) is 5.69 Å². The number of nitrogens with zero attached hydrogens (tertiary/aromatic N) is 3. The highest BCUT2D eigenvalue weighted by molar-refractivity contribution is 5.86. The average Bonchev–Trinajstić information content (AvgIpc) is 2.49. The van der Waals surface area contributed by atoms with Gasteiger partial charge in [-0.1, -0.05) is 12.1 Å². The van der Waals surface area contributed by atoms with Crippen molar-refractivity contribution in [3.63, 3.8) is 0 Å². The van der Waals surface area contributed by atoms with Crippen LogP contribution < -0.4 is 10.6 Å². The van der Waals surface area contributed by atoms with E-state index in [9.17, 15) is 14.9 Å². The van der Waals surface area contributed by atoms with E-state index in [0.29, 0.717) is 19.0 Å². The number of amides is 1. The van der Waals surface area contributed by atoms with Crippen molar-refractivity contribution in [1.29, 1.82) is 0 Å². The number of hydrogen-bond donors (Lipinski definition) is 2. The maximum absolute atomic E-state index is 12.1. The summed E-state index contributed by atoms with van der Waals surface area (Å²) in [7, 11) is 1.79. The Labute approximate surface area is 148 Å². The predicted octanol–water partition coefficient (Wildman–Crippen LogP) is 1.91. The van der Waals surface area contributed by atoms with E-state index in [1.807, 2.05) is 27.7 Å². The number of benzene rings is 1. The largest absolute Gasteiger partial charge is 0.357 e. The maximum Gasteiger partial charge on any atom is 0.269 e. The third-order valence-corrected chi connectivity index (χ3v) is 3.15. The molecule has 1 rings (SSSR count). The van der Waals surface area contributed by atoms with Gasteiger partial charge < -0.3 is 15.5 Å². The zero-order chi connectivity index (χ0) is 19.0. The lowest BCUT2D eigenvalue weighted by Crippen LogP contribution is -2.48. The minimum absolute atomic E-state index is 0.0515. The molecule has 0 radical (unpaired) electrons. The summed E-state index contributed by atoms with van der Waals surface area (Å²) in [6.07, 6.45) is 0. The van der Waals surface area contributed by atoms with Crippen molar-refractivity contribution < 1.29 is 9.72 Å². The molecule has 0 heterocycles. The lowest BCUT2D eigenvalue weighted by Gasteiger charge is -2.25. The fourth-order valence-electron chi connectivity index (χ4n) is 2.11. The van der Waals surface area contributed by atoms with Gasteiger partial charge in [0.1, 0.15) is 0 Å². The van der Waals surface area contributed by atoms with Gasteiger partial charge in [0.15, 0.2) is 5.96 Å². The number of guanidine groups is 1. The van der Waals surface area contributed by atoms with Crippen LogP contribution in [0.25, 0.3) is 0 Å². The molecule has 0 bridgehead atoms. The minimum atomic E-state index is -0.432. The SMILES string of the molecule is CCNC(=NCc1ccc([N+](=O)[O-])cc1)N(C)CC(=O)NC(C)(C)C. The normalized spacial score (nSPS) is 11.8. The van der Waals surface area contributed by atoms with Gasteiger partial charge in [-0.25, -0.2) is 4.99 Å². The molecule has 0 atom stereocenters. The lowest BCUT2D eigenvalue weighted by molar-refractivity contribution is -0.384. The number of rotatable bonds is 6.